The second kappa shape index (κ2) is 9.46. The summed E-state index contributed by atoms with van der Waals surface area (Å²) in [6.45, 7) is 4.52. The molecule has 3 aliphatic heterocycles. The number of nitrogens with zero attached hydrogens (tertiary/aromatic N) is 4. The Balaban J connectivity index is 1.43. The first-order valence-electron chi connectivity index (χ1n) is 12.2. The summed E-state index contributed by atoms with van der Waals surface area (Å²) < 4.78 is 7.78. The van der Waals surface area contributed by atoms with Crippen LogP contribution in [0.3, 0.4) is 0 Å². The van der Waals surface area contributed by atoms with Crippen molar-refractivity contribution in [3.8, 4) is 0 Å². The minimum Gasteiger partial charge on any atom is -0.376 e. The van der Waals surface area contributed by atoms with Crippen molar-refractivity contribution in [2.24, 2.45) is 0 Å². The van der Waals surface area contributed by atoms with E-state index in [0.29, 0.717) is 39.3 Å². The topological polar surface area (TPSA) is 67.2 Å². The third-order valence-corrected chi connectivity index (χ3v) is 8.43. The van der Waals surface area contributed by atoms with Gasteiger partial charge in [-0.05, 0) is 55.0 Å². The lowest BCUT2D eigenvalue weighted by molar-refractivity contribution is -0.123. The summed E-state index contributed by atoms with van der Waals surface area (Å²) >= 11 is 6.78. The molecule has 0 N–H and O–H groups in total. The van der Waals surface area contributed by atoms with Gasteiger partial charge < -0.3 is 9.64 Å². The van der Waals surface area contributed by atoms with Crippen LogP contribution in [0.25, 0.3) is 11.7 Å². The van der Waals surface area contributed by atoms with Crippen molar-refractivity contribution in [3.63, 3.8) is 0 Å². The lowest BCUT2D eigenvalue weighted by atomic mass is 9.99. The molecule has 3 aromatic rings. The fourth-order valence-electron chi connectivity index (χ4n) is 5.12. The average Bonchev–Trinajstić information content (AvgIpc) is 3.50. The number of fused-ring (bicyclic) bond motifs is 2. The van der Waals surface area contributed by atoms with E-state index in [1.807, 2.05) is 25.1 Å². The van der Waals surface area contributed by atoms with Gasteiger partial charge in [0.05, 0.1) is 23.1 Å². The highest BCUT2D eigenvalue weighted by atomic mass is 32.2. The zero-order valence-electron chi connectivity index (χ0n) is 20.0. The Kier molecular flexibility index (Phi) is 6.15. The predicted octanol–water partition coefficient (Wildman–Crippen LogP) is 3.95. The van der Waals surface area contributed by atoms with Crippen LogP contribution in [0.5, 0.6) is 0 Å². The monoisotopic (exact) mass is 518 g/mol. The lowest BCUT2D eigenvalue weighted by Gasteiger charge is -2.31. The van der Waals surface area contributed by atoms with Gasteiger partial charge in [-0.15, -0.1) is 0 Å². The maximum atomic E-state index is 13.8. The average molecular weight is 519 g/mol. The molecular weight excluding hydrogens is 492 g/mol. The molecule has 0 radical (unpaired) electrons. The molecule has 1 aromatic carbocycles. The van der Waals surface area contributed by atoms with Gasteiger partial charge in [-0.2, -0.15) is 0 Å². The van der Waals surface area contributed by atoms with Crippen LogP contribution in [-0.2, 0) is 22.5 Å². The Morgan fingerprint density at radius 3 is 2.83 bits per heavy atom. The molecular formula is C27H26N4O3S2. The predicted molar refractivity (Wildman–Crippen MR) is 146 cm³/mol. The highest BCUT2D eigenvalue weighted by molar-refractivity contribution is 8.26. The Morgan fingerprint density at radius 2 is 2.03 bits per heavy atom. The van der Waals surface area contributed by atoms with Crippen molar-refractivity contribution >= 4 is 51.7 Å². The van der Waals surface area contributed by atoms with Crippen LogP contribution in [0.15, 0.2) is 52.3 Å². The highest BCUT2D eigenvalue weighted by Crippen LogP contribution is 2.35. The van der Waals surface area contributed by atoms with Crippen LogP contribution in [0.4, 0.5) is 5.82 Å². The summed E-state index contributed by atoms with van der Waals surface area (Å²) in [5.41, 5.74) is 4.31. The van der Waals surface area contributed by atoms with E-state index in [9.17, 15) is 9.59 Å². The van der Waals surface area contributed by atoms with Crippen LogP contribution in [0.2, 0.25) is 0 Å². The zero-order valence-corrected chi connectivity index (χ0v) is 21.6. The fourth-order valence-corrected chi connectivity index (χ4v) is 6.38. The number of amides is 1. The molecule has 7 nitrogen and oxygen atoms in total. The SMILES string of the molecule is Cc1cccn2c(=O)c(/C=C3\SC(=S)N(C[C@@H]4CCCO4)C3=O)c(N3CCc4ccccc4C3)nc12. The third kappa shape index (κ3) is 4.15. The Bertz CT molecular complexity index is 1480. The molecule has 9 heteroatoms. The summed E-state index contributed by atoms with van der Waals surface area (Å²) in [5, 5.41) is 0. The van der Waals surface area contributed by atoms with Crippen LogP contribution >= 0.6 is 24.0 Å². The van der Waals surface area contributed by atoms with Gasteiger partial charge in [0.25, 0.3) is 11.5 Å². The van der Waals surface area contributed by atoms with Gasteiger partial charge in [0.15, 0.2) is 0 Å². The number of aryl methyl sites for hydroxylation is 1. The van der Waals surface area contributed by atoms with E-state index in [1.54, 1.807) is 21.6 Å². The van der Waals surface area contributed by atoms with Crippen LogP contribution in [-0.4, -0.2) is 50.3 Å². The Morgan fingerprint density at radius 1 is 1.19 bits per heavy atom. The van der Waals surface area contributed by atoms with E-state index in [1.165, 1.54) is 22.9 Å². The third-order valence-electron chi connectivity index (χ3n) is 7.05. The molecule has 0 saturated carbocycles. The van der Waals surface area contributed by atoms with E-state index in [0.717, 1.165) is 38.0 Å². The summed E-state index contributed by atoms with van der Waals surface area (Å²) in [5.74, 6) is 0.428. The number of carbonyl (C=O) groups is 1. The van der Waals surface area contributed by atoms with E-state index in [-0.39, 0.29) is 17.6 Å². The first-order valence-corrected chi connectivity index (χ1v) is 13.4. The number of anilines is 1. The fraction of sp³-hybridized carbons (Fsp3) is 0.333. The Labute approximate surface area is 218 Å². The number of ether oxygens (including phenoxy) is 1. The molecule has 2 saturated heterocycles. The number of hydrogen-bond acceptors (Lipinski definition) is 7. The van der Waals surface area contributed by atoms with E-state index < -0.39 is 0 Å². The second-order valence-corrected chi connectivity index (χ2v) is 11.1. The molecule has 36 heavy (non-hydrogen) atoms. The van der Waals surface area contributed by atoms with Crippen molar-refractivity contribution in [3.05, 3.63) is 80.1 Å². The van der Waals surface area contributed by atoms with Crippen molar-refractivity contribution in [2.45, 2.75) is 38.8 Å². The molecule has 5 heterocycles. The normalized spacial score (nSPS) is 21.1. The minimum absolute atomic E-state index is 0.00626. The van der Waals surface area contributed by atoms with Crippen molar-refractivity contribution in [1.29, 1.82) is 0 Å². The molecule has 0 spiro atoms. The molecule has 3 aliphatic rings. The quantitative estimate of drug-likeness (QED) is 0.383. The van der Waals surface area contributed by atoms with Gasteiger partial charge in [0, 0.05) is 25.9 Å². The molecule has 2 fully saturated rings. The van der Waals surface area contributed by atoms with Crippen molar-refractivity contribution in [1.82, 2.24) is 14.3 Å². The Hall–Kier alpha value is -3.01. The maximum absolute atomic E-state index is 13.8. The molecule has 0 aliphatic carbocycles. The number of thiocarbonyl (C=S) groups is 1. The van der Waals surface area contributed by atoms with E-state index in [4.69, 9.17) is 21.9 Å². The van der Waals surface area contributed by atoms with Crippen LogP contribution in [0, 0.1) is 6.92 Å². The number of carbonyl (C=O) groups excluding carboxylic acids is 1. The standard InChI is InChI=1S/C27H26N4O3S2/c1-17-6-4-11-30-23(17)28-24(29-12-10-18-7-2-3-8-19(18)15-29)21(25(30)32)14-22-26(33)31(27(35)36-22)16-20-9-5-13-34-20/h2-4,6-8,11,14,20H,5,9-10,12-13,15-16H2,1H3/b22-14-/t20-/m0/s1. The van der Waals surface area contributed by atoms with Crippen LogP contribution in [0.1, 0.15) is 35.1 Å². The first-order chi connectivity index (χ1) is 17.5. The lowest BCUT2D eigenvalue weighted by Crippen LogP contribution is -2.35. The number of thioether (sulfide) groups is 1. The molecule has 1 amide bonds. The van der Waals surface area contributed by atoms with Gasteiger partial charge in [-0.3, -0.25) is 18.9 Å². The zero-order chi connectivity index (χ0) is 24.8. The van der Waals surface area contributed by atoms with Crippen LogP contribution < -0.4 is 10.5 Å². The molecule has 0 unspecified atom stereocenters. The molecule has 1 atom stereocenters. The number of rotatable bonds is 4. The first kappa shape index (κ1) is 23.4. The van der Waals surface area contributed by atoms with Gasteiger partial charge in [-0.1, -0.05) is 54.3 Å². The van der Waals surface area contributed by atoms with Gasteiger partial charge >= 0.3 is 0 Å². The minimum atomic E-state index is -0.193. The summed E-state index contributed by atoms with van der Waals surface area (Å²) in [6.07, 6.45) is 6.21. The molecule has 2 aromatic heterocycles. The summed E-state index contributed by atoms with van der Waals surface area (Å²) in [4.78, 5) is 36.3. The second-order valence-electron chi connectivity index (χ2n) is 9.41. The smallest absolute Gasteiger partial charge is 0.267 e. The van der Waals surface area contributed by atoms with Crippen molar-refractivity contribution in [2.75, 3.05) is 24.6 Å². The van der Waals surface area contributed by atoms with Crippen molar-refractivity contribution < 1.29 is 9.53 Å². The highest BCUT2D eigenvalue weighted by Gasteiger charge is 2.35. The number of benzene rings is 1. The van der Waals surface area contributed by atoms with E-state index >= 15 is 0 Å². The maximum Gasteiger partial charge on any atom is 0.267 e. The molecule has 0 bridgehead atoms. The molecule has 6 rings (SSSR count). The van der Waals surface area contributed by atoms with Gasteiger partial charge in [-0.25, -0.2) is 4.98 Å². The van der Waals surface area contributed by atoms with Gasteiger partial charge in [0.1, 0.15) is 15.8 Å². The number of aromatic nitrogens is 2. The van der Waals surface area contributed by atoms with Gasteiger partial charge in [0.2, 0.25) is 0 Å². The summed E-state index contributed by atoms with van der Waals surface area (Å²) in [6, 6.07) is 12.2. The number of pyridine rings is 1. The summed E-state index contributed by atoms with van der Waals surface area (Å²) in [7, 11) is 0. The largest absolute Gasteiger partial charge is 0.376 e. The van der Waals surface area contributed by atoms with E-state index in [2.05, 4.69) is 23.1 Å². The number of hydrogen-bond donors (Lipinski definition) is 0. The molecule has 184 valence electrons.